The molecule has 2 aromatic rings. The summed E-state index contributed by atoms with van der Waals surface area (Å²) >= 11 is 0. The van der Waals surface area contributed by atoms with Crippen LogP contribution in [0, 0.1) is 31.1 Å². The van der Waals surface area contributed by atoms with E-state index in [1.54, 1.807) is 12.1 Å². The van der Waals surface area contributed by atoms with E-state index in [1.165, 1.54) is 7.11 Å². The first kappa shape index (κ1) is 24.7. The van der Waals surface area contributed by atoms with Gasteiger partial charge in [0.25, 0.3) is 0 Å². The van der Waals surface area contributed by atoms with Gasteiger partial charge < -0.3 is 14.0 Å². The fourth-order valence-electron chi connectivity index (χ4n) is 4.83. The Bertz CT molecular complexity index is 1020. The molecule has 0 amide bonds. The normalized spacial score (nSPS) is 18.6. The Labute approximate surface area is 196 Å². The van der Waals surface area contributed by atoms with Gasteiger partial charge in [-0.3, -0.25) is 9.59 Å². The molecule has 1 saturated carbocycles. The lowest BCUT2D eigenvalue weighted by Crippen LogP contribution is -2.30. The quantitative estimate of drug-likeness (QED) is 0.429. The standard InChI is InChI=1S/C27H35NO5/c1-17-15-23(18(2)28(17)22-13-9-19(10-14-22)25(30)32-6)24(29)16-33-26(31)20-7-11-21(12-8-20)27(3,4)5/h9-10,13-15,20-21H,7-8,11-12,16H2,1-6H3. The molecule has 0 N–H and O–H groups in total. The number of aromatic nitrogens is 1. The van der Waals surface area contributed by atoms with Gasteiger partial charge in [0, 0.05) is 22.6 Å². The van der Waals surface area contributed by atoms with E-state index < -0.39 is 5.97 Å². The van der Waals surface area contributed by atoms with Gasteiger partial charge in [0.05, 0.1) is 18.6 Å². The first-order valence-corrected chi connectivity index (χ1v) is 11.6. The van der Waals surface area contributed by atoms with Crippen LogP contribution in [0.3, 0.4) is 0 Å². The minimum atomic E-state index is -0.396. The number of hydrogen-bond donors (Lipinski definition) is 0. The second-order valence-electron chi connectivity index (χ2n) is 10.1. The average molecular weight is 454 g/mol. The summed E-state index contributed by atoms with van der Waals surface area (Å²) in [5.74, 6) is -0.361. The minimum absolute atomic E-state index is 0.114. The molecule has 33 heavy (non-hydrogen) atoms. The van der Waals surface area contributed by atoms with Crippen LogP contribution in [0.15, 0.2) is 30.3 Å². The van der Waals surface area contributed by atoms with Crippen molar-refractivity contribution in [3.05, 3.63) is 52.8 Å². The lowest BCUT2D eigenvalue weighted by atomic mass is 9.70. The van der Waals surface area contributed by atoms with Crippen molar-refractivity contribution in [2.24, 2.45) is 17.3 Å². The van der Waals surface area contributed by atoms with Gasteiger partial charge in [0.15, 0.2) is 6.61 Å². The number of carbonyl (C=O) groups is 3. The van der Waals surface area contributed by atoms with Crippen LogP contribution in [-0.2, 0) is 14.3 Å². The lowest BCUT2D eigenvalue weighted by molar-refractivity contribution is -0.149. The van der Waals surface area contributed by atoms with Crippen LogP contribution in [0.2, 0.25) is 0 Å². The Morgan fingerprint density at radius 2 is 1.61 bits per heavy atom. The molecule has 0 spiro atoms. The number of Topliss-reactive ketones (excluding diaryl/α,β-unsaturated/α-hetero) is 1. The molecule has 0 atom stereocenters. The van der Waals surface area contributed by atoms with Crippen LogP contribution in [0.25, 0.3) is 5.69 Å². The third kappa shape index (κ3) is 5.55. The molecule has 0 aliphatic heterocycles. The number of carbonyl (C=O) groups excluding carboxylic acids is 3. The number of hydrogen-bond acceptors (Lipinski definition) is 5. The van der Waals surface area contributed by atoms with Crippen LogP contribution >= 0.6 is 0 Å². The van der Waals surface area contributed by atoms with Gasteiger partial charge in [0.1, 0.15) is 0 Å². The summed E-state index contributed by atoms with van der Waals surface area (Å²) in [6.07, 6.45) is 3.69. The zero-order valence-corrected chi connectivity index (χ0v) is 20.6. The number of ketones is 1. The van der Waals surface area contributed by atoms with Gasteiger partial charge in [-0.05, 0) is 81.2 Å². The molecule has 1 fully saturated rings. The van der Waals surface area contributed by atoms with Crippen LogP contribution in [-0.4, -0.2) is 36.0 Å². The SMILES string of the molecule is COC(=O)c1ccc(-n2c(C)cc(C(=O)COC(=O)C3CCC(C(C)(C)C)CC3)c2C)cc1. The van der Waals surface area contributed by atoms with Crippen LogP contribution in [0.1, 0.15) is 78.6 Å². The number of esters is 2. The summed E-state index contributed by atoms with van der Waals surface area (Å²) in [6, 6.07) is 8.83. The lowest BCUT2D eigenvalue weighted by Gasteiger charge is -2.36. The van der Waals surface area contributed by atoms with Crippen molar-refractivity contribution in [2.45, 2.75) is 60.3 Å². The van der Waals surface area contributed by atoms with E-state index in [4.69, 9.17) is 9.47 Å². The molecule has 0 unspecified atom stereocenters. The maximum Gasteiger partial charge on any atom is 0.337 e. The Kier molecular flexibility index (Phi) is 7.45. The van der Waals surface area contributed by atoms with Gasteiger partial charge in [-0.15, -0.1) is 0 Å². The zero-order chi connectivity index (χ0) is 24.3. The highest BCUT2D eigenvalue weighted by Crippen LogP contribution is 2.40. The molecule has 0 bridgehead atoms. The van der Waals surface area contributed by atoms with Crippen LogP contribution < -0.4 is 0 Å². The van der Waals surface area contributed by atoms with Gasteiger partial charge in [-0.2, -0.15) is 0 Å². The molecule has 3 rings (SSSR count). The van der Waals surface area contributed by atoms with E-state index in [-0.39, 0.29) is 29.7 Å². The first-order chi connectivity index (χ1) is 15.5. The number of methoxy groups -OCH3 is 1. The highest BCUT2D eigenvalue weighted by molar-refractivity contribution is 5.99. The fraction of sp³-hybridized carbons (Fsp3) is 0.519. The molecule has 0 saturated heterocycles. The van der Waals surface area contributed by atoms with Crippen molar-refractivity contribution in [1.82, 2.24) is 4.57 Å². The van der Waals surface area contributed by atoms with E-state index >= 15 is 0 Å². The molecule has 178 valence electrons. The molecule has 1 aromatic carbocycles. The number of aryl methyl sites for hydroxylation is 1. The molecule has 6 heteroatoms. The molecule has 1 aromatic heterocycles. The second kappa shape index (κ2) is 9.94. The molecule has 0 radical (unpaired) electrons. The smallest absolute Gasteiger partial charge is 0.337 e. The summed E-state index contributed by atoms with van der Waals surface area (Å²) in [7, 11) is 1.35. The second-order valence-corrected chi connectivity index (χ2v) is 10.1. The zero-order valence-electron chi connectivity index (χ0n) is 20.6. The predicted octanol–water partition coefficient (Wildman–Crippen LogP) is 5.46. The topological polar surface area (TPSA) is 74.6 Å². The van der Waals surface area contributed by atoms with Crippen LogP contribution in [0.4, 0.5) is 0 Å². The number of rotatable bonds is 6. The average Bonchev–Trinajstić information content (AvgIpc) is 3.10. The molecular weight excluding hydrogens is 418 g/mol. The Balaban J connectivity index is 1.63. The Morgan fingerprint density at radius 3 is 2.15 bits per heavy atom. The third-order valence-corrected chi connectivity index (χ3v) is 6.91. The summed E-state index contributed by atoms with van der Waals surface area (Å²) in [5, 5.41) is 0. The van der Waals surface area contributed by atoms with Gasteiger partial charge in [0.2, 0.25) is 5.78 Å². The maximum atomic E-state index is 12.9. The van der Waals surface area contributed by atoms with Crippen molar-refractivity contribution in [1.29, 1.82) is 0 Å². The molecular formula is C27H35NO5. The van der Waals surface area contributed by atoms with Gasteiger partial charge >= 0.3 is 11.9 Å². The monoisotopic (exact) mass is 453 g/mol. The molecule has 1 heterocycles. The Hall–Kier alpha value is -2.89. The third-order valence-electron chi connectivity index (χ3n) is 6.91. The summed E-state index contributed by atoms with van der Waals surface area (Å²) < 4.78 is 12.1. The highest BCUT2D eigenvalue weighted by atomic mass is 16.5. The van der Waals surface area contributed by atoms with E-state index in [1.807, 2.05) is 36.6 Å². The van der Waals surface area contributed by atoms with E-state index in [9.17, 15) is 14.4 Å². The molecule has 6 nitrogen and oxygen atoms in total. The van der Waals surface area contributed by atoms with Gasteiger partial charge in [-0.1, -0.05) is 20.8 Å². The largest absolute Gasteiger partial charge is 0.465 e. The van der Waals surface area contributed by atoms with E-state index in [0.717, 1.165) is 42.8 Å². The number of ether oxygens (including phenoxy) is 2. The van der Waals surface area contributed by atoms with Crippen molar-refractivity contribution >= 4 is 17.7 Å². The van der Waals surface area contributed by atoms with Crippen molar-refractivity contribution in [3.63, 3.8) is 0 Å². The predicted molar refractivity (Wildman–Crippen MR) is 127 cm³/mol. The van der Waals surface area contributed by atoms with E-state index in [2.05, 4.69) is 20.8 Å². The van der Waals surface area contributed by atoms with Crippen molar-refractivity contribution in [3.8, 4) is 5.69 Å². The van der Waals surface area contributed by atoms with Gasteiger partial charge in [-0.25, -0.2) is 4.79 Å². The number of nitrogens with zero attached hydrogens (tertiary/aromatic N) is 1. The van der Waals surface area contributed by atoms with Crippen molar-refractivity contribution in [2.75, 3.05) is 13.7 Å². The Morgan fingerprint density at radius 1 is 1.00 bits per heavy atom. The maximum absolute atomic E-state index is 12.9. The summed E-state index contributed by atoms with van der Waals surface area (Å²) in [6.45, 7) is 10.3. The highest BCUT2D eigenvalue weighted by Gasteiger charge is 2.33. The summed E-state index contributed by atoms with van der Waals surface area (Å²) in [5.41, 5.74) is 3.74. The fourth-order valence-corrected chi connectivity index (χ4v) is 4.83. The van der Waals surface area contributed by atoms with Crippen molar-refractivity contribution < 1.29 is 23.9 Å². The minimum Gasteiger partial charge on any atom is -0.465 e. The molecule has 1 aliphatic carbocycles. The van der Waals surface area contributed by atoms with Crippen LogP contribution in [0.5, 0.6) is 0 Å². The van der Waals surface area contributed by atoms with E-state index in [0.29, 0.717) is 17.0 Å². The number of benzene rings is 1. The summed E-state index contributed by atoms with van der Waals surface area (Å²) in [4.78, 5) is 37.1. The molecule has 1 aliphatic rings. The first-order valence-electron chi connectivity index (χ1n) is 11.6.